The lowest BCUT2D eigenvalue weighted by atomic mass is 10.00. The molecule has 1 fully saturated rings. The van der Waals surface area contributed by atoms with Crippen LogP contribution in [0.5, 0.6) is 0 Å². The molecule has 76 valence electrons. The van der Waals surface area contributed by atoms with Crippen molar-refractivity contribution in [3.63, 3.8) is 0 Å². The average Bonchev–Trinajstić information content (AvgIpc) is 2.53. The van der Waals surface area contributed by atoms with E-state index in [2.05, 4.69) is 23.5 Å². The average molecular weight is 279 g/mol. The Bertz CT molecular complexity index is 356. The molecule has 14 heavy (non-hydrogen) atoms. The molecule has 2 atom stereocenters. The fourth-order valence-corrected chi connectivity index (χ4v) is 9.20. The molecule has 1 saturated carbocycles. The fraction of sp³-hybridized carbons (Fsp3) is 0.667. The summed E-state index contributed by atoms with van der Waals surface area (Å²) in [5.41, 5.74) is 0. The maximum absolute atomic E-state index is 5.26. The third-order valence-electron chi connectivity index (χ3n) is 2.68. The molecule has 0 radical (unpaired) electrons. The van der Waals surface area contributed by atoms with E-state index in [1.165, 1.54) is 34.1 Å². The van der Waals surface area contributed by atoms with Gasteiger partial charge in [0.25, 0.3) is 0 Å². The second-order valence-electron chi connectivity index (χ2n) is 3.63. The smallest absolute Gasteiger partial charge is 0.109 e. The van der Waals surface area contributed by atoms with Gasteiger partial charge in [0, 0.05) is 10.5 Å². The van der Waals surface area contributed by atoms with Gasteiger partial charge in [-0.15, -0.1) is 46.2 Å². The summed E-state index contributed by atoms with van der Waals surface area (Å²) in [5, 5.41) is 1.75. The van der Waals surface area contributed by atoms with Crippen molar-refractivity contribution in [1.29, 1.82) is 0 Å². The molecule has 0 nitrogen and oxygen atoms in total. The lowest BCUT2D eigenvalue weighted by Gasteiger charge is -2.33. The molecule has 5 heteroatoms. The van der Waals surface area contributed by atoms with Crippen molar-refractivity contribution in [3.05, 3.63) is 3.14 Å². The molecule has 0 spiro atoms. The lowest BCUT2D eigenvalue weighted by Crippen LogP contribution is -2.25. The molecule has 2 unspecified atom stereocenters. The van der Waals surface area contributed by atoms with Crippen LogP contribution in [0.15, 0.2) is 8.42 Å². The normalized spacial score (nSPS) is 30.9. The Morgan fingerprint density at radius 1 is 0.929 bits per heavy atom. The van der Waals surface area contributed by atoms with Gasteiger partial charge in [-0.1, -0.05) is 25.1 Å². The first-order valence-electron chi connectivity index (χ1n) is 4.80. The van der Waals surface area contributed by atoms with Crippen molar-refractivity contribution in [2.24, 2.45) is 0 Å². The van der Waals surface area contributed by atoms with Crippen LogP contribution in [-0.2, 0) is 0 Å². The Labute approximate surface area is 106 Å². The number of fused-ring (bicyclic) bond motifs is 2. The number of hydrogen-bond acceptors (Lipinski definition) is 5. The van der Waals surface area contributed by atoms with Gasteiger partial charge in [-0.05, 0) is 12.8 Å². The molecule has 0 amide bonds. The lowest BCUT2D eigenvalue weighted by molar-refractivity contribution is 0.526. The summed E-state index contributed by atoms with van der Waals surface area (Å²) >= 11 is 13.1. The van der Waals surface area contributed by atoms with Gasteiger partial charge < -0.3 is 0 Å². The Balaban J connectivity index is 1.94. The van der Waals surface area contributed by atoms with Crippen molar-refractivity contribution in [2.75, 3.05) is 0 Å². The molecule has 3 rings (SSSR count). The van der Waals surface area contributed by atoms with Gasteiger partial charge in [0.1, 0.15) is 3.14 Å². The van der Waals surface area contributed by atoms with E-state index in [1.54, 1.807) is 0 Å². The number of rotatable bonds is 0. The predicted molar refractivity (Wildman–Crippen MR) is 70.8 cm³/mol. The quantitative estimate of drug-likeness (QED) is 0.610. The summed E-state index contributed by atoms with van der Waals surface area (Å²) in [6.07, 6.45) is 5.69. The first kappa shape index (κ1) is 10.1. The van der Waals surface area contributed by atoms with Gasteiger partial charge in [0.2, 0.25) is 0 Å². The first-order valence-corrected chi connectivity index (χ1v) is 8.60. The van der Waals surface area contributed by atoms with Gasteiger partial charge in [-0.2, -0.15) is 0 Å². The molecule has 0 N–H and O–H groups in total. The number of thioether (sulfide) groups is 2. The summed E-state index contributed by atoms with van der Waals surface area (Å²) in [5.74, 6) is 0. The van der Waals surface area contributed by atoms with E-state index in [4.69, 9.17) is 12.2 Å². The largest absolute Gasteiger partial charge is 0.145 e. The molecule has 0 aromatic carbocycles. The highest BCUT2D eigenvalue weighted by atomic mass is 32.2. The summed E-state index contributed by atoms with van der Waals surface area (Å²) in [4.78, 5) is 0. The van der Waals surface area contributed by atoms with Crippen LogP contribution in [0, 0.1) is 3.14 Å². The van der Waals surface area contributed by atoms with Gasteiger partial charge in [-0.25, -0.2) is 0 Å². The van der Waals surface area contributed by atoms with E-state index < -0.39 is 0 Å². The second-order valence-corrected chi connectivity index (χ2v) is 9.87. The molecule has 1 aliphatic heterocycles. The summed E-state index contributed by atoms with van der Waals surface area (Å²) in [6, 6.07) is 0. The molecule has 0 saturated heterocycles. The Morgan fingerprint density at radius 2 is 1.43 bits per heavy atom. The highest BCUT2D eigenvalue weighted by Crippen LogP contribution is 2.54. The summed E-state index contributed by atoms with van der Waals surface area (Å²) in [7, 11) is 0. The maximum Gasteiger partial charge on any atom is 0.145 e. The van der Waals surface area contributed by atoms with Crippen LogP contribution in [-0.4, -0.2) is 10.5 Å². The zero-order valence-electron chi connectivity index (χ0n) is 7.52. The van der Waals surface area contributed by atoms with Crippen LogP contribution in [0.25, 0.3) is 0 Å². The summed E-state index contributed by atoms with van der Waals surface area (Å²) in [6.45, 7) is 0. The summed E-state index contributed by atoms with van der Waals surface area (Å²) < 4.78 is 4.12. The second kappa shape index (κ2) is 4.09. The van der Waals surface area contributed by atoms with Crippen molar-refractivity contribution in [3.8, 4) is 0 Å². The van der Waals surface area contributed by atoms with Gasteiger partial charge >= 0.3 is 0 Å². The highest BCUT2D eigenvalue weighted by molar-refractivity contribution is 8.09. The highest BCUT2D eigenvalue weighted by Gasteiger charge is 2.33. The van der Waals surface area contributed by atoms with Gasteiger partial charge in [-0.3, -0.25) is 0 Å². The predicted octanol–water partition coefficient (Wildman–Crippen LogP) is 5.05. The third-order valence-corrected chi connectivity index (χ3v) is 9.13. The van der Waals surface area contributed by atoms with E-state index in [1.807, 2.05) is 22.7 Å². The zero-order valence-corrected chi connectivity index (χ0v) is 11.6. The Morgan fingerprint density at radius 3 is 1.93 bits per heavy atom. The third kappa shape index (κ3) is 1.82. The van der Waals surface area contributed by atoms with Crippen LogP contribution in [0.1, 0.15) is 25.7 Å². The van der Waals surface area contributed by atoms with Crippen molar-refractivity contribution in [1.82, 2.24) is 0 Å². The molecule has 1 aliphatic carbocycles. The van der Waals surface area contributed by atoms with Crippen LogP contribution in [0.2, 0.25) is 0 Å². The Hall–Kier alpha value is 0.970. The van der Waals surface area contributed by atoms with E-state index in [9.17, 15) is 0 Å². The monoisotopic (exact) mass is 278 g/mol. The standard InChI is InChI=1S/C9H10S5/c10-9-13-7-8(14-9)12-6-4-2-1-3-5(6)11-7/h5-6H,1-4H2. The maximum atomic E-state index is 5.26. The van der Waals surface area contributed by atoms with E-state index >= 15 is 0 Å². The van der Waals surface area contributed by atoms with Crippen molar-refractivity contribution >= 4 is 58.4 Å². The molecular formula is C9H10S5. The van der Waals surface area contributed by atoms with Crippen LogP contribution in [0.4, 0.5) is 0 Å². The topological polar surface area (TPSA) is 0 Å². The van der Waals surface area contributed by atoms with Crippen LogP contribution < -0.4 is 0 Å². The van der Waals surface area contributed by atoms with Crippen molar-refractivity contribution in [2.45, 2.75) is 44.6 Å². The van der Waals surface area contributed by atoms with Gasteiger partial charge in [0.15, 0.2) is 0 Å². The Kier molecular flexibility index (Phi) is 2.96. The molecule has 1 aromatic rings. The van der Waals surface area contributed by atoms with E-state index in [0.717, 1.165) is 13.6 Å². The fourth-order valence-electron chi connectivity index (χ4n) is 2.01. The van der Waals surface area contributed by atoms with E-state index in [-0.39, 0.29) is 0 Å². The zero-order chi connectivity index (χ0) is 9.54. The van der Waals surface area contributed by atoms with Crippen LogP contribution in [0.3, 0.4) is 0 Å². The molecule has 2 aliphatic rings. The van der Waals surface area contributed by atoms with Gasteiger partial charge in [0.05, 0.1) is 8.42 Å². The molecular weight excluding hydrogens is 268 g/mol. The SMILES string of the molecule is S=c1sc2c(s1)SC1CCCCC1S2. The minimum atomic E-state index is 0.876. The van der Waals surface area contributed by atoms with Crippen molar-refractivity contribution < 1.29 is 0 Å². The minimum Gasteiger partial charge on any atom is -0.109 e. The van der Waals surface area contributed by atoms with Crippen LogP contribution >= 0.6 is 58.4 Å². The van der Waals surface area contributed by atoms with E-state index in [0.29, 0.717) is 0 Å². The molecule has 1 aromatic heterocycles. The molecule has 0 bridgehead atoms. The minimum absolute atomic E-state index is 0.876. The number of hydrogen-bond donors (Lipinski definition) is 0. The first-order chi connectivity index (χ1) is 6.83. The molecule has 2 heterocycles.